The lowest BCUT2D eigenvalue weighted by Crippen LogP contribution is -2.01. The summed E-state index contributed by atoms with van der Waals surface area (Å²) >= 11 is 0. The van der Waals surface area contributed by atoms with Crippen molar-refractivity contribution in [3.63, 3.8) is 0 Å². The molecule has 22 heavy (non-hydrogen) atoms. The summed E-state index contributed by atoms with van der Waals surface area (Å²) in [5.74, 6) is -0.772. The molecule has 0 atom stereocenters. The maximum absolute atomic E-state index is 11.7. The molecule has 0 fully saturated rings. The molecule has 0 aliphatic heterocycles. The van der Waals surface area contributed by atoms with E-state index in [4.69, 9.17) is 9.47 Å². The number of ether oxygens (including phenoxy) is 2. The van der Waals surface area contributed by atoms with Gasteiger partial charge < -0.3 is 9.47 Å². The van der Waals surface area contributed by atoms with E-state index in [-0.39, 0.29) is 11.9 Å². The van der Waals surface area contributed by atoms with Gasteiger partial charge in [-0.05, 0) is 45.8 Å². The number of methoxy groups -OCH3 is 2. The topological polar surface area (TPSA) is 52.6 Å². The normalized spacial score (nSPS) is 10.6. The molecule has 4 heteroatoms. The average Bonchev–Trinajstić information content (AvgIpc) is 2.59. The van der Waals surface area contributed by atoms with E-state index in [1.807, 2.05) is 24.3 Å². The fourth-order valence-electron chi connectivity index (χ4n) is 2.54. The Kier molecular flexibility index (Phi) is 3.51. The highest BCUT2D eigenvalue weighted by Crippen LogP contribution is 2.27. The highest BCUT2D eigenvalue weighted by molar-refractivity contribution is 6.11. The van der Waals surface area contributed by atoms with Crippen LogP contribution in [0, 0.1) is 0 Å². The van der Waals surface area contributed by atoms with Gasteiger partial charge >= 0.3 is 11.9 Å². The van der Waals surface area contributed by atoms with E-state index in [9.17, 15) is 9.59 Å². The molecule has 0 radical (unpaired) electrons. The Bertz CT molecular complexity index is 821. The van der Waals surface area contributed by atoms with Crippen LogP contribution in [0.15, 0.2) is 48.5 Å². The first kappa shape index (κ1) is 14.1. The minimum Gasteiger partial charge on any atom is -0.465 e. The first-order valence-corrected chi connectivity index (χ1v) is 6.77. The smallest absolute Gasteiger partial charge is 0.337 e. The minimum absolute atomic E-state index is 0.386. The van der Waals surface area contributed by atoms with E-state index in [1.165, 1.54) is 14.2 Å². The summed E-state index contributed by atoms with van der Waals surface area (Å²) in [7, 11) is 2.70. The van der Waals surface area contributed by atoms with Crippen LogP contribution in [0.25, 0.3) is 21.5 Å². The van der Waals surface area contributed by atoms with Crippen molar-refractivity contribution in [2.45, 2.75) is 0 Å². The molecule has 0 saturated heterocycles. The lowest BCUT2D eigenvalue weighted by atomic mass is 9.98. The Morgan fingerprint density at radius 2 is 1.05 bits per heavy atom. The SMILES string of the molecule is COC(=O)c1ccc2ccc3ccc(C(=O)OC)cc3c2c1. The predicted molar refractivity (Wildman–Crippen MR) is 84.1 cm³/mol. The van der Waals surface area contributed by atoms with Gasteiger partial charge in [0.25, 0.3) is 0 Å². The Morgan fingerprint density at radius 1 is 0.682 bits per heavy atom. The number of rotatable bonds is 2. The summed E-state index contributed by atoms with van der Waals surface area (Å²) in [5, 5.41) is 3.77. The van der Waals surface area contributed by atoms with Gasteiger partial charge in [-0.15, -0.1) is 0 Å². The maximum atomic E-state index is 11.7. The van der Waals surface area contributed by atoms with E-state index < -0.39 is 0 Å². The molecule has 0 N–H and O–H groups in total. The number of hydrogen-bond acceptors (Lipinski definition) is 4. The molecular formula is C18H14O4. The Labute approximate surface area is 127 Å². The van der Waals surface area contributed by atoms with Crippen molar-refractivity contribution in [2.24, 2.45) is 0 Å². The van der Waals surface area contributed by atoms with Gasteiger partial charge in [-0.2, -0.15) is 0 Å². The van der Waals surface area contributed by atoms with Gasteiger partial charge in [0.2, 0.25) is 0 Å². The first-order chi connectivity index (χ1) is 10.6. The molecule has 0 spiro atoms. The monoisotopic (exact) mass is 294 g/mol. The van der Waals surface area contributed by atoms with Crippen LogP contribution in [0.3, 0.4) is 0 Å². The van der Waals surface area contributed by atoms with E-state index in [0.29, 0.717) is 11.1 Å². The number of hydrogen-bond donors (Lipinski definition) is 0. The summed E-state index contributed by atoms with van der Waals surface area (Å²) < 4.78 is 9.53. The van der Waals surface area contributed by atoms with Gasteiger partial charge in [-0.3, -0.25) is 0 Å². The van der Waals surface area contributed by atoms with Crippen LogP contribution in [0.4, 0.5) is 0 Å². The molecule has 0 unspecified atom stereocenters. The van der Waals surface area contributed by atoms with Crippen LogP contribution in [-0.2, 0) is 9.47 Å². The van der Waals surface area contributed by atoms with Crippen molar-refractivity contribution in [1.82, 2.24) is 0 Å². The molecule has 0 bridgehead atoms. The third kappa shape index (κ3) is 2.29. The summed E-state index contributed by atoms with van der Waals surface area (Å²) in [6, 6.07) is 14.7. The van der Waals surface area contributed by atoms with E-state index in [2.05, 4.69) is 0 Å². The standard InChI is InChI=1S/C18H14O4/c1-21-17(19)13-7-5-11-3-4-12-6-8-14(18(20)22-2)10-16(12)15(11)9-13/h3-10H,1-2H3. The minimum atomic E-state index is -0.386. The largest absolute Gasteiger partial charge is 0.465 e. The van der Waals surface area contributed by atoms with Crippen LogP contribution in [0.1, 0.15) is 20.7 Å². The molecule has 0 saturated carbocycles. The fourth-order valence-corrected chi connectivity index (χ4v) is 2.54. The molecule has 0 heterocycles. The van der Waals surface area contributed by atoms with E-state index in [1.54, 1.807) is 24.3 Å². The third-order valence-corrected chi connectivity index (χ3v) is 3.68. The molecule has 3 aromatic carbocycles. The first-order valence-electron chi connectivity index (χ1n) is 6.77. The quantitative estimate of drug-likeness (QED) is 0.535. The second-order valence-electron chi connectivity index (χ2n) is 4.92. The number of benzene rings is 3. The second kappa shape index (κ2) is 5.48. The molecule has 0 aliphatic rings. The van der Waals surface area contributed by atoms with Gasteiger partial charge in [0.1, 0.15) is 0 Å². The van der Waals surface area contributed by atoms with Gasteiger partial charge in [-0.25, -0.2) is 9.59 Å². The summed E-state index contributed by atoms with van der Waals surface area (Å²) in [6.07, 6.45) is 0. The van der Waals surface area contributed by atoms with Crippen molar-refractivity contribution in [3.05, 3.63) is 59.7 Å². The molecule has 4 nitrogen and oxygen atoms in total. The van der Waals surface area contributed by atoms with Crippen molar-refractivity contribution in [1.29, 1.82) is 0 Å². The summed E-state index contributed by atoms with van der Waals surface area (Å²) in [6.45, 7) is 0. The van der Waals surface area contributed by atoms with Crippen LogP contribution in [0.5, 0.6) is 0 Å². The van der Waals surface area contributed by atoms with E-state index >= 15 is 0 Å². The van der Waals surface area contributed by atoms with Crippen molar-refractivity contribution in [2.75, 3.05) is 14.2 Å². The van der Waals surface area contributed by atoms with E-state index in [0.717, 1.165) is 21.5 Å². The highest BCUT2D eigenvalue weighted by atomic mass is 16.5. The Hall–Kier alpha value is -2.88. The third-order valence-electron chi connectivity index (χ3n) is 3.68. The molecule has 0 amide bonds. The second-order valence-corrected chi connectivity index (χ2v) is 4.92. The van der Waals surface area contributed by atoms with Gasteiger partial charge in [-0.1, -0.05) is 24.3 Å². The van der Waals surface area contributed by atoms with Gasteiger partial charge in [0.15, 0.2) is 0 Å². The van der Waals surface area contributed by atoms with Crippen molar-refractivity contribution in [3.8, 4) is 0 Å². The van der Waals surface area contributed by atoms with Crippen LogP contribution >= 0.6 is 0 Å². The summed E-state index contributed by atoms with van der Waals surface area (Å²) in [5.41, 5.74) is 0.956. The highest BCUT2D eigenvalue weighted by Gasteiger charge is 2.10. The zero-order valence-corrected chi connectivity index (χ0v) is 12.3. The average molecular weight is 294 g/mol. The molecule has 0 aromatic heterocycles. The molecule has 3 aromatic rings. The van der Waals surface area contributed by atoms with Crippen molar-refractivity contribution < 1.29 is 19.1 Å². The van der Waals surface area contributed by atoms with Crippen molar-refractivity contribution >= 4 is 33.5 Å². The number of carbonyl (C=O) groups excluding carboxylic acids is 2. The lowest BCUT2D eigenvalue weighted by Gasteiger charge is -2.08. The van der Waals surface area contributed by atoms with Crippen LogP contribution < -0.4 is 0 Å². The molecule has 0 aliphatic carbocycles. The maximum Gasteiger partial charge on any atom is 0.337 e. The molecule has 110 valence electrons. The van der Waals surface area contributed by atoms with Gasteiger partial charge in [0, 0.05) is 0 Å². The lowest BCUT2D eigenvalue weighted by molar-refractivity contribution is 0.0592. The van der Waals surface area contributed by atoms with Crippen LogP contribution in [0.2, 0.25) is 0 Å². The predicted octanol–water partition coefficient (Wildman–Crippen LogP) is 3.57. The Balaban J connectivity index is 2.31. The van der Waals surface area contributed by atoms with Gasteiger partial charge in [0.05, 0.1) is 25.3 Å². The molecule has 3 rings (SSSR count). The zero-order chi connectivity index (χ0) is 15.7. The fraction of sp³-hybridized carbons (Fsp3) is 0.111. The Morgan fingerprint density at radius 3 is 1.41 bits per heavy atom. The number of esters is 2. The molecular weight excluding hydrogens is 280 g/mol. The number of fused-ring (bicyclic) bond motifs is 3. The van der Waals surface area contributed by atoms with Crippen LogP contribution in [-0.4, -0.2) is 26.2 Å². The zero-order valence-electron chi connectivity index (χ0n) is 12.3. The number of carbonyl (C=O) groups is 2. The summed E-state index contributed by atoms with van der Waals surface area (Å²) in [4.78, 5) is 23.4.